The highest BCUT2D eigenvalue weighted by Gasteiger charge is 2.26. The predicted octanol–water partition coefficient (Wildman–Crippen LogP) is 0.833. The normalized spacial score (nSPS) is 16.6. The van der Waals surface area contributed by atoms with Gasteiger partial charge in [-0.1, -0.05) is 13.8 Å². The fourth-order valence-corrected chi connectivity index (χ4v) is 2.95. The molecular weight excluding hydrogens is 200 g/mol. The maximum absolute atomic E-state index is 11.5. The Labute approximate surface area is 87.3 Å². The molecule has 0 amide bonds. The number of sulfonamides is 1. The van der Waals surface area contributed by atoms with E-state index in [1.165, 1.54) is 0 Å². The van der Waals surface area contributed by atoms with Crippen LogP contribution in [-0.2, 0) is 10.0 Å². The molecule has 3 N–H and O–H groups in total. The summed E-state index contributed by atoms with van der Waals surface area (Å²) in [6.07, 6.45) is 2.07. The molecule has 0 aliphatic rings. The minimum absolute atomic E-state index is 0.188. The molecule has 4 nitrogen and oxygen atoms in total. The van der Waals surface area contributed by atoms with E-state index in [1.807, 2.05) is 20.8 Å². The van der Waals surface area contributed by atoms with E-state index in [2.05, 4.69) is 4.72 Å². The standard InChI is InChI=1S/C9H22N2O2S/c1-4-8-14(12,13)11-9(3,5-2)6-7-10/h11H,4-8,10H2,1-3H3. The first-order valence-electron chi connectivity index (χ1n) is 5.11. The third-order valence-corrected chi connectivity index (χ3v) is 4.10. The SMILES string of the molecule is CCCS(=O)(=O)NC(C)(CC)CCN. The number of nitrogens with one attached hydrogen (secondary N) is 1. The molecule has 0 aromatic rings. The zero-order valence-electron chi connectivity index (χ0n) is 9.34. The minimum atomic E-state index is -3.13. The van der Waals surface area contributed by atoms with Crippen LogP contribution in [0.25, 0.3) is 0 Å². The molecule has 0 spiro atoms. The van der Waals surface area contributed by atoms with Crippen LogP contribution >= 0.6 is 0 Å². The molecule has 1 atom stereocenters. The van der Waals surface area contributed by atoms with Crippen LogP contribution < -0.4 is 10.5 Å². The summed E-state index contributed by atoms with van der Waals surface area (Å²) in [5.41, 5.74) is 5.06. The molecule has 0 aromatic carbocycles. The van der Waals surface area contributed by atoms with E-state index in [0.29, 0.717) is 19.4 Å². The van der Waals surface area contributed by atoms with E-state index in [-0.39, 0.29) is 11.3 Å². The number of hydrogen-bond acceptors (Lipinski definition) is 3. The Morgan fingerprint density at radius 1 is 1.36 bits per heavy atom. The van der Waals surface area contributed by atoms with Crippen molar-refractivity contribution in [2.75, 3.05) is 12.3 Å². The highest BCUT2D eigenvalue weighted by molar-refractivity contribution is 7.89. The molecular formula is C9H22N2O2S. The van der Waals surface area contributed by atoms with Crippen molar-refractivity contribution in [2.45, 2.75) is 45.6 Å². The number of hydrogen-bond donors (Lipinski definition) is 2. The van der Waals surface area contributed by atoms with Gasteiger partial charge in [-0.15, -0.1) is 0 Å². The molecule has 0 fully saturated rings. The number of nitrogens with two attached hydrogens (primary N) is 1. The van der Waals surface area contributed by atoms with Crippen LogP contribution in [0, 0.1) is 0 Å². The van der Waals surface area contributed by atoms with Gasteiger partial charge in [-0.05, 0) is 32.7 Å². The second kappa shape index (κ2) is 5.68. The fraction of sp³-hybridized carbons (Fsp3) is 1.00. The van der Waals surface area contributed by atoms with E-state index in [4.69, 9.17) is 5.73 Å². The van der Waals surface area contributed by atoms with Gasteiger partial charge in [0.2, 0.25) is 10.0 Å². The predicted molar refractivity (Wildman–Crippen MR) is 59.6 cm³/mol. The Balaban J connectivity index is 4.44. The van der Waals surface area contributed by atoms with E-state index < -0.39 is 10.0 Å². The summed E-state index contributed by atoms with van der Waals surface area (Å²) in [4.78, 5) is 0. The van der Waals surface area contributed by atoms with Crippen LogP contribution in [0.3, 0.4) is 0 Å². The first-order valence-corrected chi connectivity index (χ1v) is 6.76. The van der Waals surface area contributed by atoms with Gasteiger partial charge < -0.3 is 5.73 Å². The van der Waals surface area contributed by atoms with Crippen LogP contribution in [0.4, 0.5) is 0 Å². The average Bonchev–Trinajstić information content (AvgIpc) is 2.03. The van der Waals surface area contributed by atoms with E-state index in [0.717, 1.165) is 6.42 Å². The highest BCUT2D eigenvalue weighted by Crippen LogP contribution is 2.15. The molecule has 0 aliphatic carbocycles. The third-order valence-electron chi connectivity index (χ3n) is 2.35. The highest BCUT2D eigenvalue weighted by atomic mass is 32.2. The molecule has 0 aromatic heterocycles. The van der Waals surface area contributed by atoms with Gasteiger partial charge in [-0.25, -0.2) is 13.1 Å². The van der Waals surface area contributed by atoms with Crippen molar-refractivity contribution in [2.24, 2.45) is 5.73 Å². The molecule has 14 heavy (non-hydrogen) atoms. The Morgan fingerprint density at radius 3 is 2.29 bits per heavy atom. The van der Waals surface area contributed by atoms with Crippen molar-refractivity contribution in [1.82, 2.24) is 4.72 Å². The Bertz CT molecular complexity index is 252. The number of rotatable bonds is 7. The lowest BCUT2D eigenvalue weighted by Crippen LogP contribution is -2.47. The van der Waals surface area contributed by atoms with E-state index in [1.54, 1.807) is 0 Å². The summed E-state index contributed by atoms with van der Waals surface area (Å²) in [5, 5.41) is 0. The summed E-state index contributed by atoms with van der Waals surface area (Å²) >= 11 is 0. The summed E-state index contributed by atoms with van der Waals surface area (Å²) in [5.74, 6) is 0.188. The van der Waals surface area contributed by atoms with Crippen molar-refractivity contribution in [3.8, 4) is 0 Å². The largest absolute Gasteiger partial charge is 0.330 e. The Morgan fingerprint density at radius 2 is 1.93 bits per heavy atom. The first-order chi connectivity index (χ1) is 6.39. The van der Waals surface area contributed by atoms with Crippen molar-refractivity contribution >= 4 is 10.0 Å². The molecule has 0 heterocycles. The van der Waals surface area contributed by atoms with Gasteiger partial charge in [-0.3, -0.25) is 0 Å². The van der Waals surface area contributed by atoms with Gasteiger partial charge in [-0.2, -0.15) is 0 Å². The topological polar surface area (TPSA) is 72.2 Å². The monoisotopic (exact) mass is 222 g/mol. The fourth-order valence-electron chi connectivity index (χ4n) is 1.31. The van der Waals surface area contributed by atoms with Gasteiger partial charge >= 0.3 is 0 Å². The molecule has 86 valence electrons. The minimum Gasteiger partial charge on any atom is -0.330 e. The second-order valence-corrected chi connectivity index (χ2v) is 5.72. The Hall–Kier alpha value is -0.130. The van der Waals surface area contributed by atoms with E-state index in [9.17, 15) is 8.42 Å². The lowest BCUT2D eigenvalue weighted by Gasteiger charge is -2.28. The smallest absolute Gasteiger partial charge is 0.212 e. The Kier molecular flexibility index (Phi) is 5.63. The first kappa shape index (κ1) is 13.9. The van der Waals surface area contributed by atoms with Crippen LogP contribution in [0.15, 0.2) is 0 Å². The lowest BCUT2D eigenvalue weighted by molar-refractivity contribution is 0.379. The zero-order chi connectivity index (χ0) is 11.2. The summed E-state index contributed by atoms with van der Waals surface area (Å²) in [6, 6.07) is 0. The van der Waals surface area contributed by atoms with Crippen molar-refractivity contribution in [3.05, 3.63) is 0 Å². The van der Waals surface area contributed by atoms with Gasteiger partial charge in [0.1, 0.15) is 0 Å². The maximum Gasteiger partial charge on any atom is 0.212 e. The van der Waals surface area contributed by atoms with Gasteiger partial charge in [0.05, 0.1) is 5.75 Å². The van der Waals surface area contributed by atoms with Gasteiger partial charge in [0, 0.05) is 5.54 Å². The zero-order valence-corrected chi connectivity index (χ0v) is 10.2. The lowest BCUT2D eigenvalue weighted by atomic mass is 9.96. The molecule has 0 aliphatic heterocycles. The summed E-state index contributed by atoms with van der Waals surface area (Å²) < 4.78 is 25.8. The van der Waals surface area contributed by atoms with Gasteiger partial charge in [0.15, 0.2) is 0 Å². The molecule has 0 saturated carbocycles. The quantitative estimate of drug-likeness (QED) is 0.670. The van der Waals surface area contributed by atoms with Gasteiger partial charge in [0.25, 0.3) is 0 Å². The molecule has 0 bridgehead atoms. The van der Waals surface area contributed by atoms with E-state index >= 15 is 0 Å². The molecule has 0 saturated heterocycles. The van der Waals surface area contributed by atoms with Crippen LogP contribution in [0.5, 0.6) is 0 Å². The average molecular weight is 222 g/mol. The second-order valence-electron chi connectivity index (χ2n) is 3.87. The van der Waals surface area contributed by atoms with Crippen LogP contribution in [0.1, 0.15) is 40.0 Å². The maximum atomic E-state index is 11.5. The molecule has 0 rings (SSSR count). The van der Waals surface area contributed by atoms with Crippen molar-refractivity contribution in [3.63, 3.8) is 0 Å². The van der Waals surface area contributed by atoms with Crippen molar-refractivity contribution < 1.29 is 8.42 Å². The summed E-state index contributed by atoms with van der Waals surface area (Å²) in [6.45, 7) is 6.21. The molecule has 0 radical (unpaired) electrons. The molecule has 1 unspecified atom stereocenters. The van der Waals surface area contributed by atoms with Crippen LogP contribution in [0.2, 0.25) is 0 Å². The third kappa shape index (κ3) is 4.93. The molecule has 5 heteroatoms. The summed E-state index contributed by atoms with van der Waals surface area (Å²) in [7, 11) is -3.13. The van der Waals surface area contributed by atoms with Crippen molar-refractivity contribution in [1.29, 1.82) is 0 Å². The van der Waals surface area contributed by atoms with Crippen LogP contribution in [-0.4, -0.2) is 26.3 Å².